The molecule has 0 aliphatic rings. The van der Waals surface area contributed by atoms with Crippen molar-refractivity contribution in [3.05, 3.63) is 29.8 Å². The van der Waals surface area contributed by atoms with Gasteiger partial charge < -0.3 is 10.8 Å². The lowest BCUT2D eigenvalue weighted by molar-refractivity contribution is 0.0698. The number of nitrogens with zero attached hydrogens (tertiary/aromatic N) is 1. The van der Waals surface area contributed by atoms with Gasteiger partial charge in [-0.2, -0.15) is 0 Å². The number of aromatic carboxylic acids is 1. The molecule has 0 saturated heterocycles. The zero-order valence-electron chi connectivity index (χ0n) is 8.60. The first-order chi connectivity index (χ1) is 7.15. The zero-order chi connectivity index (χ0) is 11.3. The summed E-state index contributed by atoms with van der Waals surface area (Å²) in [7, 11) is 0. The smallest absolute Gasteiger partial charge is 0.337 e. The van der Waals surface area contributed by atoms with E-state index in [0.717, 1.165) is 6.42 Å². The highest BCUT2D eigenvalue weighted by atomic mass is 16.4. The molecule has 0 atom stereocenters. The summed E-state index contributed by atoms with van der Waals surface area (Å²) in [5.74, 6) is -0.523. The summed E-state index contributed by atoms with van der Waals surface area (Å²) in [5.41, 5.74) is 6.23. The van der Waals surface area contributed by atoms with Crippen LogP contribution in [0.3, 0.4) is 0 Å². The fourth-order valence-corrected chi connectivity index (χ4v) is 1.22. The van der Waals surface area contributed by atoms with Crippen LogP contribution in [-0.4, -0.2) is 16.9 Å². The van der Waals surface area contributed by atoms with Gasteiger partial charge in [-0.1, -0.05) is 19.1 Å². The summed E-state index contributed by atoms with van der Waals surface area (Å²) in [5, 5.41) is 8.90. The predicted molar refractivity (Wildman–Crippen MR) is 59.6 cm³/mol. The van der Waals surface area contributed by atoms with E-state index >= 15 is 0 Å². The monoisotopic (exact) mass is 206 g/mol. The molecule has 15 heavy (non-hydrogen) atoms. The van der Waals surface area contributed by atoms with Crippen LogP contribution in [0.4, 0.5) is 5.69 Å². The van der Waals surface area contributed by atoms with Gasteiger partial charge in [-0.15, -0.1) is 0 Å². The van der Waals surface area contributed by atoms with Crippen LogP contribution in [0.2, 0.25) is 0 Å². The van der Waals surface area contributed by atoms with E-state index < -0.39 is 5.97 Å². The lowest BCUT2D eigenvalue weighted by Gasteiger charge is -2.02. The molecule has 0 unspecified atom stereocenters. The number of nitrogens with two attached hydrogens (primary N) is 1. The molecule has 1 aromatic rings. The maximum absolute atomic E-state index is 10.9. The minimum Gasteiger partial charge on any atom is -0.478 e. The Bertz CT molecular complexity index is 386. The van der Waals surface area contributed by atoms with Gasteiger partial charge in [0.2, 0.25) is 0 Å². The summed E-state index contributed by atoms with van der Waals surface area (Å²) in [6.45, 7) is 1.99. The Balaban J connectivity index is 3.03. The van der Waals surface area contributed by atoms with Gasteiger partial charge in [-0.25, -0.2) is 9.79 Å². The van der Waals surface area contributed by atoms with Crippen molar-refractivity contribution in [1.29, 1.82) is 0 Å². The maximum Gasteiger partial charge on any atom is 0.337 e. The van der Waals surface area contributed by atoms with Crippen LogP contribution in [0.15, 0.2) is 29.3 Å². The number of para-hydroxylation sites is 1. The van der Waals surface area contributed by atoms with E-state index in [9.17, 15) is 4.79 Å². The lowest BCUT2D eigenvalue weighted by atomic mass is 10.2. The molecule has 1 aromatic carbocycles. The minimum atomic E-state index is -0.987. The first-order valence-electron chi connectivity index (χ1n) is 4.80. The number of amidine groups is 1. The first-order valence-corrected chi connectivity index (χ1v) is 4.80. The standard InChI is InChI=1S/C11H14N2O2/c1-2-5-10(12)13-9-7-4-3-6-8(9)11(14)15/h3-4,6-7H,2,5H2,1H3,(H2,12,13)(H,14,15). The van der Waals surface area contributed by atoms with Crippen LogP contribution in [0.1, 0.15) is 30.1 Å². The third-order valence-corrected chi connectivity index (χ3v) is 1.90. The van der Waals surface area contributed by atoms with Gasteiger partial charge in [0, 0.05) is 6.42 Å². The van der Waals surface area contributed by atoms with E-state index in [4.69, 9.17) is 10.8 Å². The summed E-state index contributed by atoms with van der Waals surface area (Å²) in [4.78, 5) is 14.9. The van der Waals surface area contributed by atoms with Gasteiger partial charge in [0.1, 0.15) is 0 Å². The second kappa shape index (κ2) is 5.14. The molecule has 0 fully saturated rings. The number of carbonyl (C=O) groups is 1. The second-order valence-electron chi connectivity index (χ2n) is 3.18. The summed E-state index contributed by atoms with van der Waals surface area (Å²) in [6, 6.07) is 6.56. The molecule has 0 radical (unpaired) electrons. The molecule has 4 nitrogen and oxygen atoms in total. The third-order valence-electron chi connectivity index (χ3n) is 1.90. The van der Waals surface area contributed by atoms with Gasteiger partial charge in [-0.3, -0.25) is 0 Å². The van der Waals surface area contributed by atoms with Crippen molar-refractivity contribution < 1.29 is 9.90 Å². The number of benzene rings is 1. The molecule has 0 aromatic heterocycles. The van der Waals surface area contributed by atoms with Crippen molar-refractivity contribution in [2.45, 2.75) is 19.8 Å². The van der Waals surface area contributed by atoms with Crippen molar-refractivity contribution in [3.63, 3.8) is 0 Å². The van der Waals surface area contributed by atoms with Gasteiger partial charge in [-0.05, 0) is 18.6 Å². The minimum absolute atomic E-state index is 0.177. The SMILES string of the molecule is CCCC(N)=Nc1ccccc1C(=O)O. The lowest BCUT2D eigenvalue weighted by Crippen LogP contribution is -2.10. The van der Waals surface area contributed by atoms with Gasteiger partial charge in [0.05, 0.1) is 17.1 Å². The average Bonchev–Trinajstić information content (AvgIpc) is 2.18. The highest BCUT2D eigenvalue weighted by molar-refractivity contribution is 5.95. The Morgan fingerprint density at radius 1 is 1.47 bits per heavy atom. The van der Waals surface area contributed by atoms with Crippen molar-refractivity contribution in [1.82, 2.24) is 0 Å². The van der Waals surface area contributed by atoms with E-state index in [1.807, 2.05) is 6.92 Å². The molecular weight excluding hydrogens is 192 g/mol. The fraction of sp³-hybridized carbons (Fsp3) is 0.273. The molecule has 80 valence electrons. The Labute approximate surface area is 88.4 Å². The third kappa shape index (κ3) is 3.09. The molecule has 0 heterocycles. The van der Waals surface area contributed by atoms with Crippen LogP contribution >= 0.6 is 0 Å². The average molecular weight is 206 g/mol. The molecule has 4 heteroatoms. The molecule has 3 N–H and O–H groups in total. The van der Waals surface area contributed by atoms with Gasteiger partial charge >= 0.3 is 5.97 Å². The molecule has 0 bridgehead atoms. The van der Waals surface area contributed by atoms with Crippen molar-refractivity contribution in [3.8, 4) is 0 Å². The van der Waals surface area contributed by atoms with Gasteiger partial charge in [0.15, 0.2) is 0 Å². The molecule has 0 amide bonds. The number of aliphatic imine (C=N–C) groups is 1. The molecule has 0 aliphatic heterocycles. The zero-order valence-corrected chi connectivity index (χ0v) is 8.60. The van der Waals surface area contributed by atoms with E-state index in [0.29, 0.717) is 17.9 Å². The van der Waals surface area contributed by atoms with Crippen LogP contribution < -0.4 is 5.73 Å². The number of carboxylic acids is 1. The molecule has 0 saturated carbocycles. The highest BCUT2D eigenvalue weighted by Gasteiger charge is 2.07. The molecule has 0 spiro atoms. The quantitative estimate of drug-likeness (QED) is 0.585. The Kier molecular flexibility index (Phi) is 3.85. The first kappa shape index (κ1) is 11.2. The fourth-order valence-electron chi connectivity index (χ4n) is 1.22. The summed E-state index contributed by atoms with van der Waals surface area (Å²) < 4.78 is 0. The van der Waals surface area contributed by atoms with Crippen LogP contribution in [0, 0.1) is 0 Å². The number of rotatable bonds is 4. The number of hydrogen-bond donors (Lipinski definition) is 2. The van der Waals surface area contributed by atoms with Crippen molar-refractivity contribution in [2.24, 2.45) is 10.7 Å². The summed E-state index contributed by atoms with van der Waals surface area (Å²) in [6.07, 6.45) is 1.57. The van der Waals surface area contributed by atoms with Gasteiger partial charge in [0.25, 0.3) is 0 Å². The Morgan fingerprint density at radius 3 is 2.73 bits per heavy atom. The Hall–Kier alpha value is -1.84. The van der Waals surface area contributed by atoms with Crippen LogP contribution in [-0.2, 0) is 0 Å². The maximum atomic E-state index is 10.9. The van der Waals surface area contributed by atoms with E-state index in [1.54, 1.807) is 18.2 Å². The largest absolute Gasteiger partial charge is 0.478 e. The van der Waals surface area contributed by atoms with E-state index in [1.165, 1.54) is 6.07 Å². The normalized spacial score (nSPS) is 11.4. The topological polar surface area (TPSA) is 75.7 Å². The highest BCUT2D eigenvalue weighted by Crippen LogP contribution is 2.18. The van der Waals surface area contributed by atoms with E-state index in [2.05, 4.69) is 4.99 Å². The number of carboxylic acid groups (broad SMARTS) is 1. The second-order valence-corrected chi connectivity index (χ2v) is 3.18. The van der Waals surface area contributed by atoms with E-state index in [-0.39, 0.29) is 5.56 Å². The molecular formula is C11H14N2O2. The molecule has 1 rings (SSSR count). The number of hydrogen-bond acceptors (Lipinski definition) is 2. The van der Waals surface area contributed by atoms with Crippen molar-refractivity contribution in [2.75, 3.05) is 0 Å². The Morgan fingerprint density at radius 2 is 2.13 bits per heavy atom. The van der Waals surface area contributed by atoms with Crippen LogP contribution in [0.25, 0.3) is 0 Å². The molecule has 0 aliphatic carbocycles. The summed E-state index contributed by atoms with van der Waals surface area (Å²) >= 11 is 0. The van der Waals surface area contributed by atoms with Crippen molar-refractivity contribution >= 4 is 17.5 Å². The predicted octanol–water partition coefficient (Wildman–Crippen LogP) is 2.17. The van der Waals surface area contributed by atoms with Crippen LogP contribution in [0.5, 0.6) is 0 Å².